The molecule has 88 valence electrons. The van der Waals surface area contributed by atoms with Crippen LogP contribution in [0, 0.1) is 11.8 Å². The minimum atomic E-state index is -0.798. The molecular weight excluding hydrogens is 194 g/mol. The van der Waals surface area contributed by atoms with E-state index in [1.807, 2.05) is 13.8 Å². The van der Waals surface area contributed by atoms with E-state index in [1.54, 1.807) is 0 Å². The third kappa shape index (κ3) is 3.18. The van der Waals surface area contributed by atoms with Gasteiger partial charge in [0.15, 0.2) is 0 Å². The molecule has 0 amide bonds. The molecule has 0 aromatic carbocycles. The number of aliphatic hydroxyl groups is 1. The van der Waals surface area contributed by atoms with Gasteiger partial charge < -0.3 is 15.5 Å². The summed E-state index contributed by atoms with van der Waals surface area (Å²) in [5.41, 5.74) is 0. The predicted octanol–water partition coefficient (Wildman–Crippen LogP) is 0.846. The van der Waals surface area contributed by atoms with E-state index in [9.17, 15) is 4.79 Å². The Morgan fingerprint density at radius 3 is 2.60 bits per heavy atom. The van der Waals surface area contributed by atoms with Crippen molar-refractivity contribution >= 4 is 5.97 Å². The van der Waals surface area contributed by atoms with Crippen molar-refractivity contribution < 1.29 is 15.0 Å². The molecule has 4 nitrogen and oxygen atoms in total. The Labute approximate surface area is 90.7 Å². The van der Waals surface area contributed by atoms with Crippen molar-refractivity contribution in [2.24, 2.45) is 11.8 Å². The monoisotopic (exact) mass is 215 g/mol. The van der Waals surface area contributed by atoms with Gasteiger partial charge in [-0.25, -0.2) is 0 Å². The normalized spacial score (nSPS) is 28.3. The summed E-state index contributed by atoms with van der Waals surface area (Å²) >= 11 is 0. The van der Waals surface area contributed by atoms with Gasteiger partial charge in [-0.3, -0.25) is 4.79 Å². The van der Waals surface area contributed by atoms with Crippen LogP contribution in [0.15, 0.2) is 0 Å². The first-order valence-electron chi connectivity index (χ1n) is 5.66. The highest BCUT2D eigenvalue weighted by molar-refractivity contribution is 5.73. The molecule has 0 aromatic heterocycles. The molecule has 1 fully saturated rings. The molecule has 1 aliphatic rings. The molecule has 0 aliphatic heterocycles. The molecule has 3 N–H and O–H groups in total. The zero-order valence-corrected chi connectivity index (χ0v) is 9.44. The summed E-state index contributed by atoms with van der Waals surface area (Å²) in [5.74, 6) is -0.498. The van der Waals surface area contributed by atoms with Crippen LogP contribution in [-0.2, 0) is 4.79 Å². The molecule has 0 saturated heterocycles. The van der Waals surface area contributed by atoms with Crippen molar-refractivity contribution in [3.63, 3.8) is 0 Å². The summed E-state index contributed by atoms with van der Waals surface area (Å²) in [6.07, 6.45) is 3.05. The Kier molecular flexibility index (Phi) is 4.54. The number of nitrogens with one attached hydrogen (secondary N) is 1. The number of aliphatic carboxylic acids is 1. The van der Waals surface area contributed by atoms with E-state index in [2.05, 4.69) is 5.32 Å². The van der Waals surface area contributed by atoms with Crippen molar-refractivity contribution in [2.45, 2.75) is 45.2 Å². The molecule has 15 heavy (non-hydrogen) atoms. The largest absolute Gasteiger partial charge is 0.480 e. The summed E-state index contributed by atoms with van der Waals surface area (Å²) in [6, 6.07) is -0.333. The van der Waals surface area contributed by atoms with Gasteiger partial charge in [0, 0.05) is 12.6 Å². The fourth-order valence-electron chi connectivity index (χ4n) is 2.25. The van der Waals surface area contributed by atoms with Crippen LogP contribution in [0.1, 0.15) is 33.1 Å². The van der Waals surface area contributed by atoms with Gasteiger partial charge in [0.1, 0.15) is 6.04 Å². The minimum Gasteiger partial charge on any atom is -0.480 e. The van der Waals surface area contributed by atoms with Crippen molar-refractivity contribution in [2.75, 3.05) is 6.61 Å². The first-order chi connectivity index (χ1) is 7.06. The highest BCUT2D eigenvalue weighted by atomic mass is 16.4. The Morgan fingerprint density at radius 2 is 2.13 bits per heavy atom. The molecule has 0 heterocycles. The van der Waals surface area contributed by atoms with Gasteiger partial charge in [0.2, 0.25) is 0 Å². The van der Waals surface area contributed by atoms with Crippen LogP contribution in [0.4, 0.5) is 0 Å². The lowest BCUT2D eigenvalue weighted by Crippen LogP contribution is -2.48. The van der Waals surface area contributed by atoms with E-state index in [4.69, 9.17) is 10.2 Å². The second kappa shape index (κ2) is 5.47. The Morgan fingerprint density at radius 1 is 1.47 bits per heavy atom. The number of hydrogen-bond acceptors (Lipinski definition) is 3. The molecule has 1 rings (SSSR count). The first kappa shape index (κ1) is 12.5. The maximum atomic E-state index is 11.0. The zero-order valence-electron chi connectivity index (χ0n) is 9.44. The Balaban J connectivity index is 2.54. The topological polar surface area (TPSA) is 69.6 Å². The van der Waals surface area contributed by atoms with Crippen LogP contribution in [-0.4, -0.2) is 34.9 Å². The average molecular weight is 215 g/mol. The number of rotatable bonds is 5. The summed E-state index contributed by atoms with van der Waals surface area (Å²) in [5, 5.41) is 21.3. The number of carboxylic acids is 1. The second-order valence-corrected chi connectivity index (χ2v) is 4.71. The molecule has 0 radical (unpaired) electrons. The quantitative estimate of drug-likeness (QED) is 0.636. The maximum Gasteiger partial charge on any atom is 0.320 e. The van der Waals surface area contributed by atoms with Crippen LogP contribution < -0.4 is 5.32 Å². The summed E-state index contributed by atoms with van der Waals surface area (Å²) < 4.78 is 0. The maximum absolute atomic E-state index is 11.0. The van der Waals surface area contributed by atoms with Gasteiger partial charge in [-0.15, -0.1) is 0 Å². The van der Waals surface area contributed by atoms with E-state index in [0.717, 1.165) is 19.3 Å². The Hall–Kier alpha value is -0.610. The smallest absolute Gasteiger partial charge is 0.320 e. The van der Waals surface area contributed by atoms with Crippen LogP contribution in [0.2, 0.25) is 0 Å². The fourth-order valence-corrected chi connectivity index (χ4v) is 2.25. The predicted molar refractivity (Wildman–Crippen MR) is 57.6 cm³/mol. The molecule has 4 heteroatoms. The highest BCUT2D eigenvalue weighted by Gasteiger charge is 2.31. The number of aliphatic hydroxyl groups excluding tert-OH is 1. The van der Waals surface area contributed by atoms with E-state index < -0.39 is 12.0 Å². The Bertz CT molecular complexity index is 218. The summed E-state index contributed by atoms with van der Waals surface area (Å²) in [7, 11) is 0. The van der Waals surface area contributed by atoms with Crippen LogP contribution in [0.25, 0.3) is 0 Å². The number of carboxylic acid groups (broad SMARTS) is 1. The van der Waals surface area contributed by atoms with Crippen molar-refractivity contribution in [1.29, 1.82) is 0 Å². The molecule has 3 atom stereocenters. The molecule has 3 unspecified atom stereocenters. The van der Waals surface area contributed by atoms with Gasteiger partial charge in [0.25, 0.3) is 0 Å². The second-order valence-electron chi connectivity index (χ2n) is 4.71. The van der Waals surface area contributed by atoms with E-state index in [1.165, 1.54) is 0 Å². The lowest BCUT2D eigenvalue weighted by Gasteiger charge is -2.26. The molecule has 0 aromatic rings. The number of carbonyl (C=O) groups is 1. The SMILES string of the molecule is CC(C)C(NC1CCCC1CO)C(=O)O. The number of hydrogen-bond donors (Lipinski definition) is 3. The molecule has 1 saturated carbocycles. The van der Waals surface area contributed by atoms with Gasteiger partial charge in [-0.1, -0.05) is 20.3 Å². The zero-order chi connectivity index (χ0) is 11.4. The lowest BCUT2D eigenvalue weighted by molar-refractivity contribution is -0.141. The standard InChI is InChI=1S/C11H21NO3/c1-7(2)10(11(14)15)12-9-5-3-4-8(9)6-13/h7-10,12-13H,3-6H2,1-2H3,(H,14,15). The van der Waals surface area contributed by atoms with Gasteiger partial charge in [-0.05, 0) is 24.7 Å². The van der Waals surface area contributed by atoms with Crippen molar-refractivity contribution in [1.82, 2.24) is 5.32 Å². The summed E-state index contributed by atoms with van der Waals surface area (Å²) in [6.45, 7) is 3.95. The highest BCUT2D eigenvalue weighted by Crippen LogP contribution is 2.26. The van der Waals surface area contributed by atoms with Crippen LogP contribution in [0.5, 0.6) is 0 Å². The van der Waals surface area contributed by atoms with Crippen LogP contribution >= 0.6 is 0 Å². The van der Waals surface area contributed by atoms with Crippen molar-refractivity contribution in [3.8, 4) is 0 Å². The van der Waals surface area contributed by atoms with E-state index >= 15 is 0 Å². The van der Waals surface area contributed by atoms with Gasteiger partial charge >= 0.3 is 5.97 Å². The first-order valence-corrected chi connectivity index (χ1v) is 5.66. The van der Waals surface area contributed by atoms with Gasteiger partial charge in [0.05, 0.1) is 0 Å². The lowest BCUT2D eigenvalue weighted by atomic mass is 9.99. The third-order valence-electron chi connectivity index (χ3n) is 3.22. The molecule has 0 bridgehead atoms. The third-order valence-corrected chi connectivity index (χ3v) is 3.22. The van der Waals surface area contributed by atoms with E-state index in [0.29, 0.717) is 0 Å². The van der Waals surface area contributed by atoms with Crippen molar-refractivity contribution in [3.05, 3.63) is 0 Å². The van der Waals surface area contributed by atoms with Gasteiger partial charge in [-0.2, -0.15) is 0 Å². The van der Waals surface area contributed by atoms with E-state index in [-0.39, 0.29) is 24.5 Å². The molecule has 1 aliphatic carbocycles. The van der Waals surface area contributed by atoms with Crippen LogP contribution in [0.3, 0.4) is 0 Å². The minimum absolute atomic E-state index is 0.0717. The molecular formula is C11H21NO3. The average Bonchev–Trinajstić information content (AvgIpc) is 2.59. The summed E-state index contributed by atoms with van der Waals surface area (Å²) in [4.78, 5) is 11.0. The fraction of sp³-hybridized carbons (Fsp3) is 0.909. The molecule has 0 spiro atoms.